The van der Waals surface area contributed by atoms with Crippen LogP contribution in [-0.2, 0) is 9.59 Å². The molecule has 1 aliphatic heterocycles. The van der Waals surface area contributed by atoms with Crippen molar-refractivity contribution in [3.8, 4) is 5.75 Å². The highest BCUT2D eigenvalue weighted by Crippen LogP contribution is 2.17. The third kappa shape index (κ3) is 3.72. The number of rotatable bonds is 4. The van der Waals surface area contributed by atoms with Gasteiger partial charge in [0.2, 0.25) is 11.8 Å². The number of carbonyl (C=O) groups excluding carboxylic acids is 2. The molecular formula is C15H21N3O3. The van der Waals surface area contributed by atoms with Crippen molar-refractivity contribution < 1.29 is 14.3 Å². The smallest absolute Gasteiger partial charge is 0.244 e. The Balaban J connectivity index is 1.96. The number of amides is 2. The van der Waals surface area contributed by atoms with E-state index >= 15 is 0 Å². The van der Waals surface area contributed by atoms with Gasteiger partial charge >= 0.3 is 0 Å². The van der Waals surface area contributed by atoms with Crippen LogP contribution in [0.15, 0.2) is 24.3 Å². The molecule has 1 aliphatic rings. The van der Waals surface area contributed by atoms with E-state index in [0.29, 0.717) is 24.5 Å². The molecule has 6 heteroatoms. The number of hydrogen-bond acceptors (Lipinski definition) is 4. The molecule has 0 atom stereocenters. The molecule has 2 N–H and O–H groups in total. The highest BCUT2D eigenvalue weighted by molar-refractivity contribution is 5.96. The van der Waals surface area contributed by atoms with Crippen molar-refractivity contribution in [2.45, 2.75) is 19.4 Å². The Labute approximate surface area is 124 Å². The first-order chi connectivity index (χ1) is 9.92. The minimum Gasteiger partial charge on any atom is -0.497 e. The largest absolute Gasteiger partial charge is 0.497 e. The molecule has 0 aliphatic carbocycles. The lowest BCUT2D eigenvalue weighted by atomic mass is 10.0. The summed E-state index contributed by atoms with van der Waals surface area (Å²) in [6.07, 6.45) is 0. The summed E-state index contributed by atoms with van der Waals surface area (Å²) in [7, 11) is 1.57. The predicted octanol–water partition coefficient (Wildman–Crippen LogP) is 0.844. The summed E-state index contributed by atoms with van der Waals surface area (Å²) < 4.78 is 5.11. The molecule has 1 fully saturated rings. The lowest BCUT2D eigenvalue weighted by molar-refractivity contribution is -0.142. The zero-order valence-corrected chi connectivity index (χ0v) is 12.6. The van der Waals surface area contributed by atoms with Crippen LogP contribution in [0.5, 0.6) is 5.75 Å². The van der Waals surface area contributed by atoms with E-state index in [1.165, 1.54) is 0 Å². The third-order valence-corrected chi connectivity index (χ3v) is 3.46. The summed E-state index contributed by atoms with van der Waals surface area (Å²) in [5.41, 5.74) is 0.0373. The lowest BCUT2D eigenvalue weighted by Gasteiger charge is -2.37. The van der Waals surface area contributed by atoms with E-state index in [1.807, 2.05) is 13.8 Å². The van der Waals surface area contributed by atoms with Crippen molar-refractivity contribution in [2.24, 2.45) is 0 Å². The molecule has 0 saturated carbocycles. The Morgan fingerprint density at radius 2 is 2.24 bits per heavy atom. The molecule has 1 aromatic rings. The molecule has 114 valence electrons. The Bertz CT molecular complexity index is 543. The van der Waals surface area contributed by atoms with Gasteiger partial charge in [0, 0.05) is 24.8 Å². The summed E-state index contributed by atoms with van der Waals surface area (Å²) in [6, 6.07) is 7.12. The average Bonchev–Trinajstić information content (AvgIpc) is 2.44. The van der Waals surface area contributed by atoms with Gasteiger partial charge in [-0.15, -0.1) is 0 Å². The molecular weight excluding hydrogens is 270 g/mol. The van der Waals surface area contributed by atoms with Gasteiger partial charge in [-0.1, -0.05) is 6.07 Å². The highest BCUT2D eigenvalue weighted by atomic mass is 16.5. The summed E-state index contributed by atoms with van der Waals surface area (Å²) in [5.74, 6) is 0.399. The minimum absolute atomic E-state index is 0.0567. The van der Waals surface area contributed by atoms with E-state index in [1.54, 1.807) is 36.3 Å². The van der Waals surface area contributed by atoms with Crippen molar-refractivity contribution in [1.82, 2.24) is 10.2 Å². The Kier molecular flexibility index (Phi) is 4.47. The molecule has 0 radical (unpaired) electrons. The molecule has 21 heavy (non-hydrogen) atoms. The van der Waals surface area contributed by atoms with Crippen LogP contribution in [0.2, 0.25) is 0 Å². The van der Waals surface area contributed by atoms with Crippen molar-refractivity contribution in [1.29, 1.82) is 0 Å². The van der Waals surface area contributed by atoms with Gasteiger partial charge in [0.25, 0.3) is 0 Å². The molecule has 0 unspecified atom stereocenters. The molecule has 0 spiro atoms. The number of nitrogens with zero attached hydrogens (tertiary/aromatic N) is 1. The maximum absolute atomic E-state index is 12.2. The number of piperazine rings is 1. The fraction of sp³-hybridized carbons (Fsp3) is 0.467. The highest BCUT2D eigenvalue weighted by Gasteiger charge is 2.35. The van der Waals surface area contributed by atoms with Crippen molar-refractivity contribution in [3.63, 3.8) is 0 Å². The fourth-order valence-electron chi connectivity index (χ4n) is 2.30. The summed E-state index contributed by atoms with van der Waals surface area (Å²) in [6.45, 7) is 4.92. The number of hydrogen-bond donors (Lipinski definition) is 2. The lowest BCUT2D eigenvalue weighted by Crippen LogP contribution is -2.62. The normalized spacial score (nSPS) is 17.5. The topological polar surface area (TPSA) is 70.7 Å². The molecule has 0 bridgehead atoms. The van der Waals surface area contributed by atoms with E-state index in [4.69, 9.17) is 4.74 Å². The maximum atomic E-state index is 12.2. The van der Waals surface area contributed by atoms with Crippen LogP contribution in [0.4, 0.5) is 5.69 Å². The number of nitrogens with one attached hydrogen (secondary N) is 2. The third-order valence-electron chi connectivity index (χ3n) is 3.46. The predicted molar refractivity (Wildman–Crippen MR) is 80.3 cm³/mol. The molecule has 1 aromatic carbocycles. The van der Waals surface area contributed by atoms with Crippen LogP contribution < -0.4 is 15.4 Å². The first-order valence-corrected chi connectivity index (χ1v) is 6.91. The van der Waals surface area contributed by atoms with Crippen LogP contribution in [0.25, 0.3) is 0 Å². The van der Waals surface area contributed by atoms with Gasteiger partial charge in [-0.25, -0.2) is 0 Å². The fourth-order valence-corrected chi connectivity index (χ4v) is 2.30. The van der Waals surface area contributed by atoms with Crippen molar-refractivity contribution in [3.05, 3.63) is 24.3 Å². The summed E-state index contributed by atoms with van der Waals surface area (Å²) >= 11 is 0. The Hall–Kier alpha value is -2.08. The van der Waals surface area contributed by atoms with Crippen LogP contribution in [0.1, 0.15) is 13.8 Å². The Morgan fingerprint density at radius 1 is 1.48 bits per heavy atom. The van der Waals surface area contributed by atoms with Gasteiger partial charge in [0.1, 0.15) is 5.75 Å². The molecule has 2 amide bonds. The van der Waals surface area contributed by atoms with Crippen LogP contribution in [0, 0.1) is 0 Å². The van der Waals surface area contributed by atoms with Crippen LogP contribution >= 0.6 is 0 Å². The van der Waals surface area contributed by atoms with Gasteiger partial charge in [-0.05, 0) is 26.0 Å². The van der Waals surface area contributed by atoms with E-state index < -0.39 is 5.54 Å². The van der Waals surface area contributed by atoms with Gasteiger partial charge in [-0.2, -0.15) is 0 Å². The van der Waals surface area contributed by atoms with Gasteiger partial charge in [0.15, 0.2) is 0 Å². The van der Waals surface area contributed by atoms with Gasteiger partial charge < -0.3 is 20.3 Å². The number of carbonyl (C=O) groups is 2. The first-order valence-electron chi connectivity index (χ1n) is 6.91. The number of benzene rings is 1. The van der Waals surface area contributed by atoms with E-state index in [-0.39, 0.29) is 18.4 Å². The molecule has 1 heterocycles. The first kappa shape index (κ1) is 15.3. The average molecular weight is 291 g/mol. The maximum Gasteiger partial charge on any atom is 0.244 e. The van der Waals surface area contributed by atoms with E-state index in [2.05, 4.69) is 10.6 Å². The van der Waals surface area contributed by atoms with Crippen LogP contribution in [-0.4, -0.2) is 49.0 Å². The molecule has 2 rings (SSSR count). The van der Waals surface area contributed by atoms with Crippen molar-refractivity contribution >= 4 is 17.5 Å². The number of anilines is 1. The van der Waals surface area contributed by atoms with Crippen molar-refractivity contribution in [2.75, 3.05) is 32.1 Å². The second-order valence-electron chi connectivity index (χ2n) is 5.56. The monoisotopic (exact) mass is 291 g/mol. The van der Waals surface area contributed by atoms with Gasteiger partial charge in [-0.3, -0.25) is 9.59 Å². The molecule has 6 nitrogen and oxygen atoms in total. The number of methoxy groups -OCH3 is 1. The second-order valence-corrected chi connectivity index (χ2v) is 5.56. The standard InChI is InChI=1S/C15H21N3O3/c1-15(2)14(20)18(8-7-16-15)10-13(19)17-11-5-4-6-12(9-11)21-3/h4-6,9,16H,7-8,10H2,1-3H3,(H,17,19). The minimum atomic E-state index is -0.617. The number of ether oxygens (including phenoxy) is 1. The molecule has 1 saturated heterocycles. The Morgan fingerprint density at radius 3 is 2.95 bits per heavy atom. The molecule has 0 aromatic heterocycles. The summed E-state index contributed by atoms with van der Waals surface area (Å²) in [4.78, 5) is 25.8. The zero-order chi connectivity index (χ0) is 15.5. The SMILES string of the molecule is COc1cccc(NC(=O)CN2CCNC(C)(C)C2=O)c1. The van der Waals surface area contributed by atoms with E-state index in [9.17, 15) is 9.59 Å². The second kappa shape index (κ2) is 6.13. The van der Waals surface area contributed by atoms with Crippen LogP contribution in [0.3, 0.4) is 0 Å². The quantitative estimate of drug-likeness (QED) is 0.862. The zero-order valence-electron chi connectivity index (χ0n) is 12.6. The summed E-state index contributed by atoms with van der Waals surface area (Å²) in [5, 5.41) is 5.92. The van der Waals surface area contributed by atoms with E-state index in [0.717, 1.165) is 0 Å². The van der Waals surface area contributed by atoms with Gasteiger partial charge in [0.05, 0.1) is 19.2 Å².